The van der Waals surface area contributed by atoms with E-state index in [0.717, 1.165) is 22.2 Å². The Balaban J connectivity index is 1.42. The maximum Gasteiger partial charge on any atom is 0.254 e. The summed E-state index contributed by atoms with van der Waals surface area (Å²) in [5.41, 5.74) is 3.98. The summed E-state index contributed by atoms with van der Waals surface area (Å²) in [6, 6.07) is 12.9. The van der Waals surface area contributed by atoms with Gasteiger partial charge in [0.05, 0.1) is 23.1 Å². The number of rotatable bonds is 4. The molecule has 1 aliphatic heterocycles. The third-order valence-corrected chi connectivity index (χ3v) is 7.01. The SMILES string of the molecule is Cc1ccccc1CS(=O)(=O)N1CCN(C(=O)c2ccc3nc[nH]c3c2)CC1. The summed E-state index contributed by atoms with van der Waals surface area (Å²) in [6.07, 6.45) is 1.59. The van der Waals surface area contributed by atoms with E-state index in [0.29, 0.717) is 31.7 Å². The second kappa shape index (κ2) is 7.37. The molecule has 0 atom stereocenters. The first-order valence-corrected chi connectivity index (χ1v) is 10.8. The third kappa shape index (κ3) is 3.65. The lowest BCUT2D eigenvalue weighted by Crippen LogP contribution is -2.50. The summed E-state index contributed by atoms with van der Waals surface area (Å²) in [5.74, 6) is -0.100. The number of nitrogens with zero attached hydrogens (tertiary/aromatic N) is 3. The minimum atomic E-state index is -3.41. The molecule has 0 bridgehead atoms. The molecule has 1 aliphatic rings. The predicted octanol–water partition coefficient (Wildman–Crippen LogP) is 2.16. The molecule has 1 fully saturated rings. The molecular formula is C20H22N4O3S. The normalized spacial score (nSPS) is 15.8. The number of aromatic amines is 1. The second-order valence-corrected chi connectivity index (χ2v) is 8.98. The van der Waals surface area contributed by atoms with Crippen molar-refractivity contribution in [3.63, 3.8) is 0 Å². The van der Waals surface area contributed by atoms with Gasteiger partial charge in [-0.2, -0.15) is 4.31 Å². The molecule has 0 radical (unpaired) electrons. The van der Waals surface area contributed by atoms with Crippen molar-refractivity contribution in [3.8, 4) is 0 Å². The molecule has 7 nitrogen and oxygen atoms in total. The van der Waals surface area contributed by atoms with Crippen LogP contribution in [0.4, 0.5) is 0 Å². The number of benzene rings is 2. The van der Waals surface area contributed by atoms with Crippen molar-refractivity contribution in [2.45, 2.75) is 12.7 Å². The highest BCUT2D eigenvalue weighted by atomic mass is 32.2. The minimum Gasteiger partial charge on any atom is -0.345 e. The molecule has 1 aromatic heterocycles. The van der Waals surface area contributed by atoms with Gasteiger partial charge in [-0.1, -0.05) is 24.3 Å². The van der Waals surface area contributed by atoms with Gasteiger partial charge in [-0.15, -0.1) is 0 Å². The van der Waals surface area contributed by atoms with E-state index in [1.165, 1.54) is 4.31 Å². The molecule has 1 N–H and O–H groups in total. The lowest BCUT2D eigenvalue weighted by Gasteiger charge is -2.34. The number of aromatic nitrogens is 2. The second-order valence-electron chi connectivity index (χ2n) is 7.01. The predicted molar refractivity (Wildman–Crippen MR) is 107 cm³/mol. The van der Waals surface area contributed by atoms with Gasteiger partial charge >= 0.3 is 0 Å². The van der Waals surface area contributed by atoms with E-state index < -0.39 is 10.0 Å². The first-order chi connectivity index (χ1) is 13.4. The number of piperazine rings is 1. The van der Waals surface area contributed by atoms with E-state index in [1.807, 2.05) is 37.3 Å². The van der Waals surface area contributed by atoms with Crippen molar-refractivity contribution in [2.75, 3.05) is 26.2 Å². The van der Waals surface area contributed by atoms with Crippen molar-refractivity contribution >= 4 is 27.0 Å². The van der Waals surface area contributed by atoms with E-state index in [-0.39, 0.29) is 11.7 Å². The van der Waals surface area contributed by atoms with Crippen LogP contribution < -0.4 is 0 Å². The fourth-order valence-electron chi connectivity index (χ4n) is 3.48. The Bertz CT molecular complexity index is 1120. The Morgan fingerprint density at radius 2 is 1.86 bits per heavy atom. The first kappa shape index (κ1) is 18.6. The maximum absolute atomic E-state index is 12.8. The van der Waals surface area contributed by atoms with Gasteiger partial charge in [0.25, 0.3) is 5.91 Å². The molecule has 146 valence electrons. The van der Waals surface area contributed by atoms with Gasteiger partial charge < -0.3 is 9.88 Å². The van der Waals surface area contributed by atoms with Gasteiger partial charge in [0.15, 0.2) is 0 Å². The molecule has 1 amide bonds. The molecular weight excluding hydrogens is 376 g/mol. The highest BCUT2D eigenvalue weighted by molar-refractivity contribution is 7.88. The Morgan fingerprint density at radius 1 is 1.11 bits per heavy atom. The van der Waals surface area contributed by atoms with Gasteiger partial charge in [0.1, 0.15) is 0 Å². The number of hydrogen-bond donors (Lipinski definition) is 1. The molecule has 4 rings (SSSR count). The number of hydrogen-bond acceptors (Lipinski definition) is 4. The molecule has 1 saturated heterocycles. The van der Waals surface area contributed by atoms with Crippen molar-refractivity contribution in [1.29, 1.82) is 0 Å². The van der Waals surface area contributed by atoms with Crippen LogP contribution in [-0.2, 0) is 15.8 Å². The zero-order chi connectivity index (χ0) is 19.7. The first-order valence-electron chi connectivity index (χ1n) is 9.19. The van der Waals surface area contributed by atoms with E-state index in [4.69, 9.17) is 0 Å². The molecule has 3 aromatic rings. The fourth-order valence-corrected chi connectivity index (χ4v) is 5.10. The number of aryl methyl sites for hydroxylation is 1. The molecule has 0 aliphatic carbocycles. The number of carbonyl (C=O) groups is 1. The fraction of sp³-hybridized carbons (Fsp3) is 0.300. The van der Waals surface area contributed by atoms with Crippen LogP contribution in [0.5, 0.6) is 0 Å². The topological polar surface area (TPSA) is 86.4 Å². The zero-order valence-electron chi connectivity index (χ0n) is 15.6. The highest BCUT2D eigenvalue weighted by Crippen LogP contribution is 2.18. The van der Waals surface area contributed by atoms with Crippen molar-refractivity contribution in [3.05, 3.63) is 65.5 Å². The summed E-state index contributed by atoms with van der Waals surface area (Å²) in [6.45, 7) is 3.30. The number of carbonyl (C=O) groups excluding carboxylic acids is 1. The molecule has 28 heavy (non-hydrogen) atoms. The van der Waals surface area contributed by atoms with Crippen LogP contribution in [0.2, 0.25) is 0 Å². The van der Waals surface area contributed by atoms with Crippen molar-refractivity contribution < 1.29 is 13.2 Å². The molecule has 0 saturated carbocycles. The Kier molecular flexibility index (Phi) is 4.91. The highest BCUT2D eigenvalue weighted by Gasteiger charge is 2.29. The van der Waals surface area contributed by atoms with Crippen LogP contribution in [0, 0.1) is 6.92 Å². The summed E-state index contributed by atoms with van der Waals surface area (Å²) in [7, 11) is -3.41. The van der Waals surface area contributed by atoms with E-state index in [1.54, 1.807) is 23.4 Å². The molecule has 8 heteroatoms. The van der Waals surface area contributed by atoms with Crippen LogP contribution in [0.1, 0.15) is 21.5 Å². The van der Waals surface area contributed by atoms with Crippen LogP contribution in [0.3, 0.4) is 0 Å². The van der Waals surface area contributed by atoms with Crippen molar-refractivity contribution in [2.24, 2.45) is 0 Å². The molecule has 0 unspecified atom stereocenters. The van der Waals surface area contributed by atoms with Gasteiger partial charge in [0, 0.05) is 31.7 Å². The Labute approximate surface area is 164 Å². The molecule has 2 aromatic carbocycles. The zero-order valence-corrected chi connectivity index (χ0v) is 16.4. The lowest BCUT2D eigenvalue weighted by atomic mass is 10.1. The number of nitrogens with one attached hydrogen (secondary N) is 1. The van der Waals surface area contributed by atoms with Crippen LogP contribution in [0.15, 0.2) is 48.8 Å². The lowest BCUT2D eigenvalue weighted by molar-refractivity contribution is 0.0698. The number of fused-ring (bicyclic) bond motifs is 1. The van der Waals surface area contributed by atoms with Gasteiger partial charge in [-0.05, 0) is 36.2 Å². The average Bonchev–Trinajstić information content (AvgIpc) is 3.17. The van der Waals surface area contributed by atoms with Crippen LogP contribution in [0.25, 0.3) is 11.0 Å². The third-order valence-electron chi connectivity index (χ3n) is 5.19. The monoisotopic (exact) mass is 398 g/mol. The largest absolute Gasteiger partial charge is 0.345 e. The quantitative estimate of drug-likeness (QED) is 0.730. The van der Waals surface area contributed by atoms with Crippen LogP contribution >= 0.6 is 0 Å². The number of H-pyrrole nitrogens is 1. The minimum absolute atomic E-state index is 0.00981. The summed E-state index contributed by atoms with van der Waals surface area (Å²) in [4.78, 5) is 21.6. The standard InChI is InChI=1S/C20H22N4O3S/c1-15-4-2-3-5-17(15)13-28(26,27)24-10-8-23(9-11-24)20(25)16-6-7-18-19(12-16)22-14-21-18/h2-7,12,14H,8-11,13H2,1H3,(H,21,22). The maximum atomic E-state index is 12.8. The van der Waals surface area contributed by atoms with E-state index in [9.17, 15) is 13.2 Å². The van der Waals surface area contributed by atoms with E-state index >= 15 is 0 Å². The van der Waals surface area contributed by atoms with Crippen LogP contribution in [-0.4, -0.2) is 59.7 Å². The molecule has 2 heterocycles. The number of sulfonamides is 1. The summed E-state index contributed by atoms with van der Waals surface area (Å²) < 4.78 is 27.1. The van der Waals surface area contributed by atoms with Gasteiger partial charge in [-0.3, -0.25) is 4.79 Å². The Hall–Kier alpha value is -2.71. The number of amides is 1. The van der Waals surface area contributed by atoms with E-state index in [2.05, 4.69) is 9.97 Å². The van der Waals surface area contributed by atoms with Crippen molar-refractivity contribution in [1.82, 2.24) is 19.2 Å². The smallest absolute Gasteiger partial charge is 0.254 e. The summed E-state index contributed by atoms with van der Waals surface area (Å²) in [5, 5.41) is 0. The average molecular weight is 398 g/mol. The molecule has 0 spiro atoms. The number of imidazole rings is 1. The summed E-state index contributed by atoms with van der Waals surface area (Å²) >= 11 is 0. The van der Waals surface area contributed by atoms with Gasteiger partial charge in [-0.25, -0.2) is 13.4 Å². The van der Waals surface area contributed by atoms with Gasteiger partial charge in [0.2, 0.25) is 10.0 Å². The Morgan fingerprint density at radius 3 is 2.61 bits per heavy atom.